The van der Waals surface area contributed by atoms with Gasteiger partial charge in [-0.2, -0.15) is 0 Å². The van der Waals surface area contributed by atoms with Crippen LogP contribution in [0.2, 0.25) is 5.02 Å². The van der Waals surface area contributed by atoms with Crippen molar-refractivity contribution in [2.75, 3.05) is 11.9 Å². The zero-order valence-electron chi connectivity index (χ0n) is 11.8. The third-order valence-corrected chi connectivity index (χ3v) is 4.35. The number of amides is 1. The summed E-state index contributed by atoms with van der Waals surface area (Å²) in [6.45, 7) is 3.38. The maximum Gasteiger partial charge on any atom is 0.233 e. The van der Waals surface area contributed by atoms with Crippen LogP contribution in [-0.2, 0) is 11.3 Å². The molecule has 2 aromatic rings. The minimum Gasteiger partial charge on any atom is -0.325 e. The summed E-state index contributed by atoms with van der Waals surface area (Å²) in [6.07, 6.45) is 0. The van der Waals surface area contributed by atoms with Crippen molar-refractivity contribution in [1.29, 1.82) is 0 Å². The van der Waals surface area contributed by atoms with Crippen molar-refractivity contribution in [3.8, 4) is 0 Å². The maximum absolute atomic E-state index is 12.6. The predicted molar refractivity (Wildman–Crippen MR) is 85.7 cm³/mol. The molecule has 0 bridgehead atoms. The van der Waals surface area contributed by atoms with Gasteiger partial charge in [0.25, 0.3) is 0 Å². The lowest BCUT2D eigenvalue weighted by Gasteiger charge is -2.25. The van der Waals surface area contributed by atoms with E-state index in [0.29, 0.717) is 11.6 Å². The second-order valence-corrected chi connectivity index (χ2v) is 5.69. The smallest absolute Gasteiger partial charge is 0.233 e. The molecule has 3 nitrogen and oxygen atoms in total. The number of benzene rings is 2. The minimum atomic E-state index is -0.173. The van der Waals surface area contributed by atoms with Gasteiger partial charge in [-0.15, -0.1) is 0 Å². The van der Waals surface area contributed by atoms with Gasteiger partial charge in [-0.05, 0) is 35.7 Å². The van der Waals surface area contributed by atoms with Crippen LogP contribution >= 0.6 is 11.6 Å². The predicted octanol–water partition coefficient (Wildman–Crippen LogP) is 3.47. The van der Waals surface area contributed by atoms with E-state index in [2.05, 4.69) is 16.7 Å². The molecule has 1 heterocycles. The Morgan fingerprint density at radius 3 is 2.90 bits per heavy atom. The number of carbonyl (C=O) groups is 1. The molecular weight excluding hydrogens is 284 g/mol. The van der Waals surface area contributed by atoms with Crippen LogP contribution in [0, 0.1) is 6.92 Å². The Balaban J connectivity index is 1.85. The largest absolute Gasteiger partial charge is 0.325 e. The summed E-state index contributed by atoms with van der Waals surface area (Å²) in [7, 11) is 0. The van der Waals surface area contributed by atoms with Crippen LogP contribution in [0.15, 0.2) is 42.5 Å². The highest BCUT2D eigenvalue weighted by molar-refractivity contribution is 6.31. The number of anilines is 1. The van der Waals surface area contributed by atoms with Gasteiger partial charge in [0.1, 0.15) is 0 Å². The number of rotatable bonds is 2. The van der Waals surface area contributed by atoms with Gasteiger partial charge in [0, 0.05) is 23.8 Å². The van der Waals surface area contributed by atoms with Crippen LogP contribution in [-0.4, -0.2) is 12.5 Å². The summed E-state index contributed by atoms with van der Waals surface area (Å²) in [5, 5.41) is 6.96. The van der Waals surface area contributed by atoms with E-state index in [1.54, 1.807) is 0 Å². The van der Waals surface area contributed by atoms with Gasteiger partial charge in [0.2, 0.25) is 5.91 Å². The average molecular weight is 301 g/mol. The molecule has 0 aromatic heterocycles. The minimum absolute atomic E-state index is 0.0000154. The SMILES string of the molecule is Cc1c(Cl)cccc1NC(=O)C1CNCc2ccccc21. The van der Waals surface area contributed by atoms with Crippen molar-refractivity contribution in [3.63, 3.8) is 0 Å². The standard InChI is InChI=1S/C17H17ClN2O/c1-11-15(18)7-4-8-16(11)20-17(21)14-10-19-9-12-5-2-3-6-13(12)14/h2-8,14,19H,9-10H2,1H3,(H,20,21). The van der Waals surface area contributed by atoms with Gasteiger partial charge in [0.15, 0.2) is 0 Å². The maximum atomic E-state index is 12.6. The molecule has 0 spiro atoms. The molecule has 108 valence electrons. The molecule has 0 aliphatic carbocycles. The van der Waals surface area contributed by atoms with Crippen molar-refractivity contribution < 1.29 is 4.79 Å². The first-order chi connectivity index (χ1) is 10.2. The van der Waals surface area contributed by atoms with Crippen LogP contribution in [0.3, 0.4) is 0 Å². The molecule has 1 aliphatic rings. The second kappa shape index (κ2) is 5.88. The van der Waals surface area contributed by atoms with Crippen LogP contribution in [0.5, 0.6) is 0 Å². The summed E-state index contributed by atoms with van der Waals surface area (Å²) in [5.74, 6) is -0.173. The molecule has 4 heteroatoms. The summed E-state index contributed by atoms with van der Waals surface area (Å²) < 4.78 is 0. The fraction of sp³-hybridized carbons (Fsp3) is 0.235. The zero-order valence-corrected chi connectivity index (χ0v) is 12.6. The zero-order chi connectivity index (χ0) is 14.8. The van der Waals surface area contributed by atoms with Crippen LogP contribution in [0.1, 0.15) is 22.6 Å². The van der Waals surface area contributed by atoms with Gasteiger partial charge in [-0.3, -0.25) is 4.79 Å². The molecule has 2 aromatic carbocycles. The van der Waals surface area contributed by atoms with Crippen LogP contribution < -0.4 is 10.6 Å². The molecular formula is C17H17ClN2O. The van der Waals surface area contributed by atoms with Gasteiger partial charge in [0.05, 0.1) is 5.92 Å². The van der Waals surface area contributed by atoms with Gasteiger partial charge in [-0.25, -0.2) is 0 Å². The fourth-order valence-electron chi connectivity index (χ4n) is 2.69. The number of carbonyl (C=O) groups excluding carboxylic acids is 1. The van der Waals surface area contributed by atoms with E-state index < -0.39 is 0 Å². The van der Waals surface area contributed by atoms with Gasteiger partial charge < -0.3 is 10.6 Å². The molecule has 1 atom stereocenters. The summed E-state index contributed by atoms with van der Waals surface area (Å²) in [4.78, 5) is 12.6. The molecule has 1 aliphatic heterocycles. The van der Waals surface area contributed by atoms with E-state index >= 15 is 0 Å². The Kier molecular flexibility index (Phi) is 3.95. The number of hydrogen-bond donors (Lipinski definition) is 2. The van der Waals surface area contributed by atoms with Crippen molar-refractivity contribution in [2.24, 2.45) is 0 Å². The van der Waals surface area contributed by atoms with E-state index in [-0.39, 0.29) is 11.8 Å². The first-order valence-corrected chi connectivity index (χ1v) is 7.39. The Morgan fingerprint density at radius 2 is 2.05 bits per heavy atom. The molecule has 21 heavy (non-hydrogen) atoms. The summed E-state index contributed by atoms with van der Waals surface area (Å²) in [6, 6.07) is 13.6. The van der Waals surface area contributed by atoms with Crippen molar-refractivity contribution in [3.05, 3.63) is 64.2 Å². The average Bonchev–Trinajstić information content (AvgIpc) is 2.51. The fourth-order valence-corrected chi connectivity index (χ4v) is 2.87. The topological polar surface area (TPSA) is 41.1 Å². The monoisotopic (exact) mass is 300 g/mol. The van der Waals surface area contributed by atoms with Crippen molar-refractivity contribution in [2.45, 2.75) is 19.4 Å². The Labute approximate surface area is 129 Å². The van der Waals surface area contributed by atoms with E-state index in [9.17, 15) is 4.79 Å². The number of hydrogen-bond acceptors (Lipinski definition) is 2. The molecule has 1 amide bonds. The highest BCUT2D eigenvalue weighted by atomic mass is 35.5. The summed E-state index contributed by atoms with van der Waals surface area (Å²) >= 11 is 6.10. The number of halogens is 1. The first kappa shape index (κ1) is 14.1. The summed E-state index contributed by atoms with van der Waals surface area (Å²) in [5.41, 5.74) is 3.96. The Bertz CT molecular complexity index is 684. The van der Waals surface area contributed by atoms with Crippen molar-refractivity contribution >= 4 is 23.2 Å². The van der Waals surface area contributed by atoms with Crippen LogP contribution in [0.4, 0.5) is 5.69 Å². The molecule has 0 fully saturated rings. The van der Waals surface area contributed by atoms with Gasteiger partial charge in [-0.1, -0.05) is 41.9 Å². The third kappa shape index (κ3) is 2.80. The molecule has 3 rings (SSSR count). The molecule has 1 unspecified atom stereocenters. The third-order valence-electron chi connectivity index (χ3n) is 3.94. The number of nitrogens with one attached hydrogen (secondary N) is 2. The molecule has 0 radical (unpaired) electrons. The first-order valence-electron chi connectivity index (χ1n) is 7.01. The quantitative estimate of drug-likeness (QED) is 0.891. The normalized spacial score (nSPS) is 17.1. The number of fused-ring (bicyclic) bond motifs is 1. The van der Waals surface area contributed by atoms with Crippen molar-refractivity contribution in [1.82, 2.24) is 5.32 Å². The lowest BCUT2D eigenvalue weighted by Crippen LogP contribution is -2.35. The second-order valence-electron chi connectivity index (χ2n) is 5.28. The van der Waals surface area contributed by atoms with E-state index in [4.69, 9.17) is 11.6 Å². The van der Waals surface area contributed by atoms with E-state index in [0.717, 1.165) is 23.4 Å². The van der Waals surface area contributed by atoms with Crippen LogP contribution in [0.25, 0.3) is 0 Å². The lowest BCUT2D eigenvalue weighted by atomic mass is 9.90. The van der Waals surface area contributed by atoms with E-state index in [1.165, 1.54) is 5.56 Å². The Morgan fingerprint density at radius 1 is 1.24 bits per heavy atom. The molecule has 0 saturated heterocycles. The highest BCUT2D eigenvalue weighted by Crippen LogP contribution is 2.27. The lowest BCUT2D eigenvalue weighted by molar-refractivity contribution is -0.117. The molecule has 0 saturated carbocycles. The van der Waals surface area contributed by atoms with Gasteiger partial charge >= 0.3 is 0 Å². The van der Waals surface area contributed by atoms with E-state index in [1.807, 2.05) is 43.3 Å². The molecule has 2 N–H and O–H groups in total. The highest BCUT2D eigenvalue weighted by Gasteiger charge is 2.26. The Hall–Kier alpha value is -1.84.